The predicted molar refractivity (Wildman–Crippen MR) is 142 cm³/mol. The highest BCUT2D eigenvalue weighted by Gasteiger charge is 2.47. The zero-order valence-electron chi connectivity index (χ0n) is 22.9. The van der Waals surface area contributed by atoms with Crippen molar-refractivity contribution in [3.63, 3.8) is 0 Å². The molecule has 216 valence electrons. The molecule has 0 unspecified atom stereocenters. The lowest BCUT2D eigenvalue weighted by atomic mass is 9.68. The lowest BCUT2D eigenvalue weighted by molar-refractivity contribution is -0.163. The summed E-state index contributed by atoms with van der Waals surface area (Å²) in [5, 5.41) is 0. The maximum Gasteiger partial charge on any atom is 0.420 e. The fourth-order valence-corrected chi connectivity index (χ4v) is 7.13. The molecular weight excluding hydrogens is 514 g/mol. The first-order valence-corrected chi connectivity index (χ1v) is 14.4. The van der Waals surface area contributed by atoms with Gasteiger partial charge in [0.15, 0.2) is 0 Å². The summed E-state index contributed by atoms with van der Waals surface area (Å²) in [5.74, 6) is 2.31. The zero-order chi connectivity index (χ0) is 28.2. The molecule has 0 heterocycles. The Bertz CT molecular complexity index is 1060. The first-order chi connectivity index (χ1) is 18.5. The van der Waals surface area contributed by atoms with Gasteiger partial charge in [0.2, 0.25) is 0 Å². The van der Waals surface area contributed by atoms with Crippen LogP contribution in [0.5, 0.6) is 5.75 Å². The molecular formula is C32H40F6O. The number of aryl methyl sites for hydroxylation is 2. The Kier molecular flexibility index (Phi) is 9.59. The summed E-state index contributed by atoms with van der Waals surface area (Å²) in [6.07, 6.45) is 2.79. The van der Waals surface area contributed by atoms with Crippen molar-refractivity contribution in [3.8, 4) is 5.75 Å². The first-order valence-electron chi connectivity index (χ1n) is 14.4. The van der Waals surface area contributed by atoms with Crippen LogP contribution in [0.1, 0.15) is 105 Å². The molecule has 0 radical (unpaired) electrons. The van der Waals surface area contributed by atoms with E-state index in [1.807, 2.05) is 12.1 Å². The Morgan fingerprint density at radius 1 is 0.692 bits per heavy atom. The summed E-state index contributed by atoms with van der Waals surface area (Å²) in [4.78, 5) is 0. The van der Waals surface area contributed by atoms with Crippen molar-refractivity contribution in [1.29, 1.82) is 0 Å². The number of alkyl halides is 6. The Morgan fingerprint density at radius 2 is 1.26 bits per heavy atom. The molecule has 0 amide bonds. The molecule has 2 fully saturated rings. The Morgan fingerprint density at radius 3 is 1.77 bits per heavy atom. The molecule has 0 spiro atoms. The van der Waals surface area contributed by atoms with Crippen molar-refractivity contribution in [2.75, 3.05) is 7.11 Å². The minimum Gasteiger partial charge on any atom is -0.496 e. The van der Waals surface area contributed by atoms with Crippen molar-refractivity contribution in [1.82, 2.24) is 0 Å². The van der Waals surface area contributed by atoms with Gasteiger partial charge in [-0.25, -0.2) is 0 Å². The van der Waals surface area contributed by atoms with E-state index in [-0.39, 0.29) is 18.4 Å². The van der Waals surface area contributed by atoms with E-state index in [4.69, 9.17) is 0 Å². The summed E-state index contributed by atoms with van der Waals surface area (Å²) < 4.78 is 86.7. The van der Waals surface area contributed by atoms with E-state index < -0.39 is 29.2 Å². The molecule has 0 saturated heterocycles. The quantitative estimate of drug-likeness (QED) is 0.295. The van der Waals surface area contributed by atoms with E-state index in [0.717, 1.165) is 42.6 Å². The molecule has 4 rings (SSSR count). The average molecular weight is 555 g/mol. The summed E-state index contributed by atoms with van der Waals surface area (Å²) in [5.41, 5.74) is -1.71. The minimum atomic E-state index is -5.18. The van der Waals surface area contributed by atoms with Crippen LogP contribution in [0.3, 0.4) is 0 Å². The summed E-state index contributed by atoms with van der Waals surface area (Å²) in [6.45, 7) is 2.28. The van der Waals surface area contributed by atoms with Crippen molar-refractivity contribution in [2.45, 2.75) is 102 Å². The van der Waals surface area contributed by atoms with Gasteiger partial charge in [-0.3, -0.25) is 0 Å². The van der Waals surface area contributed by atoms with E-state index >= 15 is 0 Å². The molecule has 0 N–H and O–H groups in total. The number of methoxy groups -OCH3 is 1. The van der Waals surface area contributed by atoms with Crippen LogP contribution in [0.4, 0.5) is 26.3 Å². The fourth-order valence-electron chi connectivity index (χ4n) is 7.13. The lowest BCUT2D eigenvalue weighted by Crippen LogP contribution is -2.25. The maximum absolute atomic E-state index is 13.8. The normalized spacial score (nSPS) is 24.5. The second-order valence-electron chi connectivity index (χ2n) is 11.6. The number of hydrogen-bond donors (Lipinski definition) is 0. The molecule has 0 atom stereocenters. The largest absolute Gasteiger partial charge is 0.496 e. The Hall–Kier alpha value is -2.18. The van der Waals surface area contributed by atoms with Gasteiger partial charge in [0, 0.05) is 0 Å². The third-order valence-electron chi connectivity index (χ3n) is 9.20. The summed E-state index contributed by atoms with van der Waals surface area (Å²) >= 11 is 0. The number of hydrogen-bond acceptors (Lipinski definition) is 1. The highest BCUT2D eigenvalue weighted by Crippen LogP contribution is 2.47. The molecule has 0 bridgehead atoms. The zero-order valence-corrected chi connectivity index (χ0v) is 22.9. The van der Waals surface area contributed by atoms with E-state index in [1.165, 1.54) is 69.8 Å². The van der Waals surface area contributed by atoms with Crippen LogP contribution in [-0.4, -0.2) is 7.11 Å². The molecule has 39 heavy (non-hydrogen) atoms. The van der Waals surface area contributed by atoms with Gasteiger partial charge in [-0.05, 0) is 97.8 Å². The van der Waals surface area contributed by atoms with Gasteiger partial charge < -0.3 is 4.74 Å². The van der Waals surface area contributed by atoms with Crippen molar-refractivity contribution in [2.24, 2.45) is 17.8 Å². The van der Waals surface area contributed by atoms with E-state index in [1.54, 1.807) is 0 Å². The first kappa shape index (κ1) is 29.8. The Labute approximate surface area is 228 Å². The van der Waals surface area contributed by atoms with Crippen molar-refractivity contribution >= 4 is 0 Å². The van der Waals surface area contributed by atoms with Crippen LogP contribution in [-0.2, 0) is 25.2 Å². The molecule has 0 aromatic heterocycles. The predicted octanol–water partition coefficient (Wildman–Crippen LogP) is 10.4. The molecule has 2 saturated carbocycles. The molecule has 0 aliphatic heterocycles. The third-order valence-corrected chi connectivity index (χ3v) is 9.20. The summed E-state index contributed by atoms with van der Waals surface area (Å²) in [6, 6.07) is 10.0. The number of benzene rings is 2. The number of rotatable bonds is 8. The second-order valence-corrected chi connectivity index (χ2v) is 11.6. The highest BCUT2D eigenvalue weighted by molar-refractivity contribution is 5.49. The lowest BCUT2D eigenvalue weighted by Gasteiger charge is -2.38. The van der Waals surface area contributed by atoms with Crippen LogP contribution in [0.15, 0.2) is 36.4 Å². The second kappa shape index (κ2) is 12.6. The van der Waals surface area contributed by atoms with Crippen LogP contribution in [0, 0.1) is 17.8 Å². The van der Waals surface area contributed by atoms with E-state index in [0.29, 0.717) is 5.92 Å². The topological polar surface area (TPSA) is 9.23 Å². The van der Waals surface area contributed by atoms with Gasteiger partial charge >= 0.3 is 12.4 Å². The van der Waals surface area contributed by atoms with Gasteiger partial charge in [0.25, 0.3) is 0 Å². The summed E-state index contributed by atoms with van der Waals surface area (Å²) in [7, 11) is 0.941. The maximum atomic E-state index is 13.8. The highest BCUT2D eigenvalue weighted by atomic mass is 19.4. The van der Waals surface area contributed by atoms with Crippen LogP contribution >= 0.6 is 0 Å². The molecule has 7 heteroatoms. The standard InChI is InChI=1S/C32H40F6O/c1-3-4-21-5-10-23(11-6-21)25-15-17-26(18-16-25)24-12-7-22(8-13-24)9-14-27-19-20-28(39-2)30(32(36,37)38)29(27)31(33,34)35/h7-8,12-13,19-21,23,25-26H,3-6,9-11,14-18H2,1-2H3. The third kappa shape index (κ3) is 7.32. The molecule has 2 aliphatic carbocycles. The monoisotopic (exact) mass is 554 g/mol. The van der Waals surface area contributed by atoms with Gasteiger partial charge in [0.05, 0.1) is 12.7 Å². The van der Waals surface area contributed by atoms with Crippen LogP contribution in [0.2, 0.25) is 0 Å². The SMILES string of the molecule is CCCC1CCC(C2CCC(c3ccc(CCc4ccc(OC)c(C(F)(F)F)c4C(F)(F)F)cc3)CC2)CC1. The van der Waals surface area contributed by atoms with Crippen molar-refractivity contribution < 1.29 is 31.1 Å². The van der Waals surface area contributed by atoms with Crippen LogP contribution < -0.4 is 4.74 Å². The smallest absolute Gasteiger partial charge is 0.420 e. The van der Waals surface area contributed by atoms with Crippen LogP contribution in [0.25, 0.3) is 0 Å². The molecule has 2 aromatic rings. The fraction of sp³-hybridized carbons (Fsp3) is 0.625. The van der Waals surface area contributed by atoms with E-state index in [2.05, 4.69) is 23.8 Å². The Balaban J connectivity index is 1.36. The van der Waals surface area contributed by atoms with E-state index in [9.17, 15) is 26.3 Å². The van der Waals surface area contributed by atoms with Gasteiger partial charge in [-0.15, -0.1) is 0 Å². The molecule has 1 nitrogen and oxygen atoms in total. The average Bonchev–Trinajstić information content (AvgIpc) is 2.91. The van der Waals surface area contributed by atoms with Gasteiger partial charge in [0.1, 0.15) is 11.3 Å². The minimum absolute atomic E-state index is 0.146. The van der Waals surface area contributed by atoms with Crippen molar-refractivity contribution in [3.05, 3.63) is 64.2 Å². The van der Waals surface area contributed by atoms with Gasteiger partial charge in [-0.1, -0.05) is 62.9 Å². The molecule has 2 aliphatic rings. The number of ether oxygens (including phenoxy) is 1. The van der Waals surface area contributed by atoms with Gasteiger partial charge in [-0.2, -0.15) is 26.3 Å². The number of halogens is 6. The molecule has 2 aromatic carbocycles.